The Morgan fingerprint density at radius 2 is 2.17 bits per heavy atom. The van der Waals surface area contributed by atoms with Crippen LogP contribution in [-0.2, 0) is 0 Å². The molecule has 0 spiro atoms. The highest BCUT2D eigenvalue weighted by atomic mass is 35.5. The molecule has 0 N–H and O–H groups in total. The number of nitro groups is 1. The van der Waals surface area contributed by atoms with Crippen molar-refractivity contribution >= 4 is 17.3 Å². The van der Waals surface area contributed by atoms with Crippen molar-refractivity contribution in [2.24, 2.45) is 5.41 Å². The fraction of sp³-hybridized carbons (Fsp3) is 0.538. The summed E-state index contributed by atoms with van der Waals surface area (Å²) in [6, 6.07) is 4.65. The van der Waals surface area contributed by atoms with Crippen molar-refractivity contribution in [3.05, 3.63) is 33.9 Å². The second-order valence-corrected chi connectivity index (χ2v) is 5.86. The van der Waals surface area contributed by atoms with Crippen LogP contribution in [0.15, 0.2) is 18.2 Å². The first kappa shape index (κ1) is 13.1. The van der Waals surface area contributed by atoms with E-state index in [1.54, 1.807) is 6.07 Å². The first-order chi connectivity index (χ1) is 8.32. The molecule has 0 radical (unpaired) electrons. The molecule has 1 fully saturated rings. The van der Waals surface area contributed by atoms with Crippen molar-refractivity contribution in [2.75, 3.05) is 0 Å². The lowest BCUT2D eigenvalue weighted by Crippen LogP contribution is -2.53. The molecule has 4 nitrogen and oxygen atoms in total. The molecule has 1 aromatic carbocycles. The third kappa shape index (κ3) is 2.17. The third-order valence-electron chi connectivity index (χ3n) is 3.70. The van der Waals surface area contributed by atoms with Crippen molar-refractivity contribution in [3.63, 3.8) is 0 Å². The van der Waals surface area contributed by atoms with Crippen molar-refractivity contribution in [2.45, 2.75) is 38.7 Å². The minimum atomic E-state index is -0.404. The van der Waals surface area contributed by atoms with Crippen LogP contribution in [0, 0.1) is 22.5 Å². The number of alkyl halides is 1. The Kier molecular flexibility index (Phi) is 3.23. The van der Waals surface area contributed by atoms with E-state index in [-0.39, 0.29) is 22.6 Å². The number of nitro benzene ring substituents is 1. The molecule has 2 atom stereocenters. The molecule has 0 saturated heterocycles. The molecule has 5 heteroatoms. The summed E-state index contributed by atoms with van der Waals surface area (Å²) in [4.78, 5) is 10.2. The molecular weight excluding hydrogens is 254 g/mol. The molecule has 0 aromatic heterocycles. The van der Waals surface area contributed by atoms with Gasteiger partial charge in [-0.1, -0.05) is 13.8 Å². The highest BCUT2D eigenvalue weighted by molar-refractivity contribution is 6.21. The van der Waals surface area contributed by atoms with Crippen LogP contribution in [0.25, 0.3) is 0 Å². The van der Waals surface area contributed by atoms with Crippen molar-refractivity contribution in [1.29, 1.82) is 0 Å². The largest absolute Gasteiger partial charge is 0.489 e. The van der Waals surface area contributed by atoms with E-state index in [2.05, 4.69) is 13.8 Å². The van der Waals surface area contributed by atoms with Crippen molar-refractivity contribution < 1.29 is 9.66 Å². The van der Waals surface area contributed by atoms with Crippen molar-refractivity contribution in [3.8, 4) is 5.75 Å². The molecule has 1 aliphatic rings. The molecule has 0 amide bonds. The van der Waals surface area contributed by atoms with E-state index in [1.807, 2.05) is 6.92 Å². The van der Waals surface area contributed by atoms with Crippen LogP contribution in [0.3, 0.4) is 0 Å². The molecule has 2 rings (SSSR count). The van der Waals surface area contributed by atoms with Crippen LogP contribution < -0.4 is 4.74 Å². The Labute approximate surface area is 111 Å². The molecule has 0 heterocycles. The lowest BCUT2D eigenvalue weighted by atomic mass is 9.68. The molecule has 2 unspecified atom stereocenters. The quantitative estimate of drug-likeness (QED) is 0.478. The number of rotatable bonds is 3. The SMILES string of the molecule is Cc1cc([N+](=O)[O-])ccc1OC1CC(Cl)C1(C)C. The standard InChI is InChI=1S/C13H16ClNO3/c1-8-6-9(15(16)17)4-5-10(8)18-12-7-11(14)13(12,2)3/h4-6,11-12H,7H2,1-3H3. The minimum Gasteiger partial charge on any atom is -0.489 e. The van der Waals surface area contributed by atoms with Gasteiger partial charge < -0.3 is 4.74 Å². The van der Waals surface area contributed by atoms with E-state index in [4.69, 9.17) is 16.3 Å². The number of halogens is 1. The third-order valence-corrected chi connectivity index (χ3v) is 4.44. The number of hydrogen-bond donors (Lipinski definition) is 0. The van der Waals surface area contributed by atoms with E-state index < -0.39 is 4.92 Å². The fourth-order valence-corrected chi connectivity index (χ4v) is 2.37. The van der Waals surface area contributed by atoms with Gasteiger partial charge in [-0.25, -0.2) is 0 Å². The lowest BCUT2D eigenvalue weighted by molar-refractivity contribution is -0.384. The minimum absolute atomic E-state index is 0.0598. The Morgan fingerprint density at radius 3 is 2.61 bits per heavy atom. The second kappa shape index (κ2) is 4.43. The first-order valence-electron chi connectivity index (χ1n) is 5.88. The summed E-state index contributed by atoms with van der Waals surface area (Å²) in [6.07, 6.45) is 0.880. The van der Waals surface area contributed by atoms with Gasteiger partial charge in [0.05, 0.1) is 4.92 Å². The van der Waals surface area contributed by atoms with Gasteiger partial charge in [-0.15, -0.1) is 11.6 Å². The Morgan fingerprint density at radius 1 is 1.50 bits per heavy atom. The summed E-state index contributed by atoms with van der Waals surface area (Å²) in [5.41, 5.74) is 0.802. The normalized spacial score (nSPS) is 25.3. The Hall–Kier alpha value is -1.29. The molecule has 0 aliphatic heterocycles. The van der Waals surface area contributed by atoms with E-state index >= 15 is 0 Å². The summed E-state index contributed by atoms with van der Waals surface area (Å²) in [6.45, 7) is 5.95. The number of aryl methyl sites for hydroxylation is 1. The maximum Gasteiger partial charge on any atom is 0.269 e. The van der Waals surface area contributed by atoms with Crippen LogP contribution in [0.1, 0.15) is 25.8 Å². The van der Waals surface area contributed by atoms with Gasteiger partial charge in [0.15, 0.2) is 0 Å². The number of non-ortho nitro benzene ring substituents is 1. The average molecular weight is 270 g/mol. The predicted octanol–water partition coefficient (Wildman–Crippen LogP) is 3.69. The van der Waals surface area contributed by atoms with Gasteiger partial charge in [-0.05, 0) is 18.6 Å². The highest BCUT2D eigenvalue weighted by Crippen LogP contribution is 2.46. The van der Waals surface area contributed by atoms with Crippen LogP contribution in [0.5, 0.6) is 5.75 Å². The van der Waals surface area contributed by atoms with E-state index in [1.165, 1.54) is 12.1 Å². The highest BCUT2D eigenvalue weighted by Gasteiger charge is 2.49. The molecule has 1 aromatic rings. The first-order valence-corrected chi connectivity index (χ1v) is 6.32. The number of nitrogens with zero attached hydrogens (tertiary/aromatic N) is 1. The molecule has 18 heavy (non-hydrogen) atoms. The van der Waals surface area contributed by atoms with Gasteiger partial charge >= 0.3 is 0 Å². The average Bonchev–Trinajstić information content (AvgIpc) is 2.30. The zero-order chi connectivity index (χ0) is 13.5. The Bertz CT molecular complexity index is 487. The van der Waals surface area contributed by atoms with Crippen LogP contribution in [-0.4, -0.2) is 16.4 Å². The van der Waals surface area contributed by atoms with Crippen molar-refractivity contribution in [1.82, 2.24) is 0 Å². The Balaban J connectivity index is 2.14. The summed E-state index contributed by atoms with van der Waals surface area (Å²) < 4.78 is 5.89. The zero-order valence-electron chi connectivity index (χ0n) is 10.6. The molecular formula is C13H16ClNO3. The van der Waals surface area contributed by atoms with Crippen LogP contribution in [0.2, 0.25) is 0 Å². The predicted molar refractivity (Wildman–Crippen MR) is 70.3 cm³/mol. The van der Waals surface area contributed by atoms with Gasteiger partial charge in [0.1, 0.15) is 11.9 Å². The van der Waals surface area contributed by atoms with Gasteiger partial charge in [-0.3, -0.25) is 10.1 Å². The lowest BCUT2D eigenvalue weighted by Gasteiger charge is -2.48. The van der Waals surface area contributed by atoms with Gasteiger partial charge in [-0.2, -0.15) is 0 Å². The summed E-state index contributed by atoms with van der Waals surface area (Å²) in [5.74, 6) is 0.697. The second-order valence-electron chi connectivity index (χ2n) is 5.34. The maximum atomic E-state index is 10.6. The summed E-state index contributed by atoms with van der Waals surface area (Å²) >= 11 is 6.14. The smallest absolute Gasteiger partial charge is 0.269 e. The number of ether oxygens (including phenoxy) is 1. The van der Waals surface area contributed by atoms with Crippen LogP contribution in [0.4, 0.5) is 5.69 Å². The van der Waals surface area contributed by atoms with Gasteiger partial charge in [0, 0.05) is 29.3 Å². The van der Waals surface area contributed by atoms with Gasteiger partial charge in [0.2, 0.25) is 0 Å². The molecule has 1 aliphatic carbocycles. The topological polar surface area (TPSA) is 52.4 Å². The number of hydrogen-bond acceptors (Lipinski definition) is 3. The zero-order valence-corrected chi connectivity index (χ0v) is 11.4. The molecule has 98 valence electrons. The monoisotopic (exact) mass is 269 g/mol. The van der Waals surface area contributed by atoms with E-state index in [0.717, 1.165) is 12.0 Å². The summed E-state index contributed by atoms with van der Waals surface area (Å²) in [7, 11) is 0. The van der Waals surface area contributed by atoms with E-state index in [0.29, 0.717) is 5.75 Å². The van der Waals surface area contributed by atoms with E-state index in [9.17, 15) is 10.1 Å². The summed E-state index contributed by atoms with van der Waals surface area (Å²) in [5, 5.41) is 10.8. The molecule has 0 bridgehead atoms. The number of benzene rings is 1. The maximum absolute atomic E-state index is 10.6. The van der Waals surface area contributed by atoms with Gasteiger partial charge in [0.25, 0.3) is 5.69 Å². The fourth-order valence-electron chi connectivity index (χ4n) is 2.07. The molecule has 1 saturated carbocycles. The van der Waals surface area contributed by atoms with Crippen LogP contribution >= 0.6 is 11.6 Å².